The molecule has 1 amide bonds. The number of aryl methyl sites for hydroxylation is 2. The quantitative estimate of drug-likeness (QED) is 0.679. The van der Waals surface area contributed by atoms with Gasteiger partial charge in [0.2, 0.25) is 5.91 Å². The van der Waals surface area contributed by atoms with Crippen LogP contribution in [0.2, 0.25) is 5.02 Å². The first-order chi connectivity index (χ1) is 9.97. The number of anilines is 1. The summed E-state index contributed by atoms with van der Waals surface area (Å²) in [6, 6.07) is 6.00. The van der Waals surface area contributed by atoms with E-state index in [9.17, 15) is 14.9 Å². The summed E-state index contributed by atoms with van der Waals surface area (Å²) in [4.78, 5) is 22.2. The minimum absolute atomic E-state index is 0.135. The molecule has 0 saturated heterocycles. The summed E-state index contributed by atoms with van der Waals surface area (Å²) in [6.07, 6.45) is 1.78. The Morgan fingerprint density at radius 3 is 2.81 bits per heavy atom. The Bertz CT molecular complexity index is 664. The van der Waals surface area contributed by atoms with E-state index in [1.165, 1.54) is 12.1 Å². The smallest absolute Gasteiger partial charge is 0.292 e. The SMILES string of the molecule is Cc1nn(CCC(=O)Nc2ccccc2[N+](=O)[O-])cc1Cl. The summed E-state index contributed by atoms with van der Waals surface area (Å²) in [5.41, 5.74) is 0.738. The molecule has 0 unspecified atom stereocenters. The molecular formula is C13H13ClN4O3. The van der Waals surface area contributed by atoms with Gasteiger partial charge in [0.05, 0.1) is 15.6 Å². The normalized spacial score (nSPS) is 10.4. The van der Waals surface area contributed by atoms with Crippen molar-refractivity contribution >= 4 is 28.9 Å². The molecule has 0 aliphatic rings. The third-order valence-electron chi connectivity index (χ3n) is 2.83. The number of aromatic nitrogens is 2. The lowest BCUT2D eigenvalue weighted by atomic mass is 10.2. The summed E-state index contributed by atoms with van der Waals surface area (Å²) in [5, 5.41) is 18.0. The summed E-state index contributed by atoms with van der Waals surface area (Å²) < 4.78 is 1.57. The van der Waals surface area contributed by atoms with Crippen LogP contribution in [0.3, 0.4) is 0 Å². The molecule has 21 heavy (non-hydrogen) atoms. The van der Waals surface area contributed by atoms with Gasteiger partial charge in [0, 0.05) is 25.2 Å². The van der Waals surface area contributed by atoms with Crippen molar-refractivity contribution in [3.05, 3.63) is 51.3 Å². The first-order valence-electron chi connectivity index (χ1n) is 6.20. The lowest BCUT2D eigenvalue weighted by molar-refractivity contribution is -0.383. The predicted octanol–water partition coefficient (Wildman–Crippen LogP) is 2.78. The molecule has 1 heterocycles. The average Bonchev–Trinajstić information content (AvgIpc) is 2.76. The molecule has 0 radical (unpaired) electrons. The van der Waals surface area contributed by atoms with Crippen LogP contribution in [0.1, 0.15) is 12.1 Å². The van der Waals surface area contributed by atoms with Crippen LogP contribution in [-0.2, 0) is 11.3 Å². The second-order valence-electron chi connectivity index (χ2n) is 4.40. The van der Waals surface area contributed by atoms with Crippen LogP contribution in [0.4, 0.5) is 11.4 Å². The van der Waals surface area contributed by atoms with Crippen LogP contribution >= 0.6 is 11.6 Å². The van der Waals surface area contributed by atoms with Gasteiger partial charge in [-0.05, 0) is 13.0 Å². The third kappa shape index (κ3) is 3.79. The Balaban J connectivity index is 1.97. The fourth-order valence-corrected chi connectivity index (χ4v) is 1.93. The van der Waals surface area contributed by atoms with E-state index < -0.39 is 4.92 Å². The van der Waals surface area contributed by atoms with Crippen LogP contribution in [0.25, 0.3) is 0 Å². The van der Waals surface area contributed by atoms with Crippen LogP contribution in [0.15, 0.2) is 30.5 Å². The van der Waals surface area contributed by atoms with E-state index in [1.807, 2.05) is 0 Å². The van der Waals surface area contributed by atoms with Gasteiger partial charge >= 0.3 is 0 Å². The van der Waals surface area contributed by atoms with Gasteiger partial charge in [-0.2, -0.15) is 5.10 Å². The first-order valence-corrected chi connectivity index (χ1v) is 6.58. The number of amides is 1. The maximum Gasteiger partial charge on any atom is 0.292 e. The molecule has 1 aromatic carbocycles. The van der Waals surface area contributed by atoms with Crippen molar-refractivity contribution < 1.29 is 9.72 Å². The van der Waals surface area contributed by atoms with Crippen LogP contribution < -0.4 is 5.32 Å². The molecular weight excluding hydrogens is 296 g/mol. The van der Waals surface area contributed by atoms with Gasteiger partial charge in [-0.25, -0.2) is 0 Å². The van der Waals surface area contributed by atoms with Crippen LogP contribution in [0.5, 0.6) is 0 Å². The highest BCUT2D eigenvalue weighted by Gasteiger charge is 2.14. The molecule has 8 heteroatoms. The second kappa shape index (κ2) is 6.36. The molecule has 0 saturated carbocycles. The van der Waals surface area contributed by atoms with Crippen LogP contribution in [-0.4, -0.2) is 20.6 Å². The highest BCUT2D eigenvalue weighted by atomic mass is 35.5. The molecule has 0 aliphatic carbocycles. The molecule has 0 bridgehead atoms. The number of rotatable bonds is 5. The number of hydrogen-bond donors (Lipinski definition) is 1. The molecule has 0 atom stereocenters. The fraction of sp³-hybridized carbons (Fsp3) is 0.231. The molecule has 1 aromatic heterocycles. The van der Waals surface area contributed by atoms with Crippen molar-refractivity contribution in [2.75, 3.05) is 5.32 Å². The number of nitrogens with one attached hydrogen (secondary N) is 1. The number of nitro groups is 1. The van der Waals surface area contributed by atoms with Crippen molar-refractivity contribution in [1.82, 2.24) is 9.78 Å². The van der Waals surface area contributed by atoms with E-state index in [-0.39, 0.29) is 23.7 Å². The Kier molecular flexibility index (Phi) is 4.54. The van der Waals surface area contributed by atoms with Gasteiger partial charge in [0.25, 0.3) is 5.69 Å². The van der Waals surface area contributed by atoms with Crippen molar-refractivity contribution in [3.8, 4) is 0 Å². The van der Waals surface area contributed by atoms with E-state index in [2.05, 4.69) is 10.4 Å². The number of nitrogens with zero attached hydrogens (tertiary/aromatic N) is 3. The van der Waals surface area contributed by atoms with Gasteiger partial charge in [0.15, 0.2) is 0 Å². The average molecular weight is 309 g/mol. The van der Waals surface area contributed by atoms with Gasteiger partial charge in [-0.3, -0.25) is 19.6 Å². The summed E-state index contributed by atoms with van der Waals surface area (Å²) in [5.74, 6) is -0.325. The molecule has 2 aromatic rings. The number of nitro benzene ring substituents is 1. The lowest BCUT2D eigenvalue weighted by Crippen LogP contribution is -2.15. The fourth-order valence-electron chi connectivity index (χ4n) is 1.78. The van der Waals surface area contributed by atoms with E-state index >= 15 is 0 Å². The summed E-state index contributed by atoms with van der Waals surface area (Å²) in [7, 11) is 0. The summed E-state index contributed by atoms with van der Waals surface area (Å²) >= 11 is 5.87. The largest absolute Gasteiger partial charge is 0.320 e. The zero-order chi connectivity index (χ0) is 15.4. The molecule has 0 aliphatic heterocycles. The topological polar surface area (TPSA) is 90.1 Å². The number of benzene rings is 1. The van der Waals surface area contributed by atoms with E-state index in [1.54, 1.807) is 29.9 Å². The maximum absolute atomic E-state index is 11.8. The molecule has 7 nitrogen and oxygen atoms in total. The molecule has 110 valence electrons. The van der Waals surface area contributed by atoms with Gasteiger partial charge in [0.1, 0.15) is 5.69 Å². The van der Waals surface area contributed by atoms with E-state index in [4.69, 9.17) is 11.6 Å². The second-order valence-corrected chi connectivity index (χ2v) is 4.81. The van der Waals surface area contributed by atoms with Crippen LogP contribution in [0, 0.1) is 17.0 Å². The monoisotopic (exact) mass is 308 g/mol. The Morgan fingerprint density at radius 1 is 1.48 bits per heavy atom. The highest BCUT2D eigenvalue weighted by molar-refractivity contribution is 6.31. The maximum atomic E-state index is 11.8. The first kappa shape index (κ1) is 15.0. The Labute approximate surface area is 125 Å². The molecule has 2 rings (SSSR count). The number of carbonyl (C=O) groups is 1. The van der Waals surface area contributed by atoms with Gasteiger partial charge in [-0.1, -0.05) is 23.7 Å². The molecule has 0 spiro atoms. The zero-order valence-corrected chi connectivity index (χ0v) is 12.0. The predicted molar refractivity (Wildman–Crippen MR) is 78.3 cm³/mol. The van der Waals surface area contributed by atoms with Gasteiger partial charge in [-0.15, -0.1) is 0 Å². The van der Waals surface area contributed by atoms with E-state index in [0.29, 0.717) is 17.3 Å². The number of para-hydroxylation sites is 2. The van der Waals surface area contributed by atoms with E-state index in [0.717, 1.165) is 0 Å². The lowest BCUT2D eigenvalue weighted by Gasteiger charge is -2.06. The van der Waals surface area contributed by atoms with Crippen molar-refractivity contribution in [1.29, 1.82) is 0 Å². The Morgan fingerprint density at radius 2 is 2.19 bits per heavy atom. The van der Waals surface area contributed by atoms with Crippen molar-refractivity contribution in [2.45, 2.75) is 19.9 Å². The third-order valence-corrected chi connectivity index (χ3v) is 3.20. The number of halogens is 1. The zero-order valence-electron chi connectivity index (χ0n) is 11.2. The Hall–Kier alpha value is -2.41. The summed E-state index contributed by atoms with van der Waals surface area (Å²) in [6.45, 7) is 2.12. The highest BCUT2D eigenvalue weighted by Crippen LogP contribution is 2.23. The minimum Gasteiger partial charge on any atom is -0.320 e. The van der Waals surface area contributed by atoms with Crippen molar-refractivity contribution in [3.63, 3.8) is 0 Å². The van der Waals surface area contributed by atoms with Gasteiger partial charge < -0.3 is 5.32 Å². The molecule has 0 fully saturated rings. The number of hydrogen-bond acceptors (Lipinski definition) is 4. The van der Waals surface area contributed by atoms with Crippen molar-refractivity contribution in [2.24, 2.45) is 0 Å². The minimum atomic E-state index is -0.535. The standard InChI is InChI=1S/C13H13ClN4O3/c1-9-10(14)8-17(16-9)7-6-13(19)15-11-4-2-3-5-12(11)18(20)21/h2-5,8H,6-7H2,1H3,(H,15,19). The molecule has 1 N–H and O–H groups in total. The number of carbonyl (C=O) groups excluding carboxylic acids is 1.